The molecule has 1 heterocycles. The van der Waals surface area contributed by atoms with Crippen LogP contribution in [-0.4, -0.2) is 37.7 Å². The molecule has 0 aromatic heterocycles. The fraction of sp³-hybridized carbons (Fsp3) is 0.529. The minimum atomic E-state index is -0.736. The molecule has 0 radical (unpaired) electrons. The Kier molecular flexibility index (Phi) is 5.38. The van der Waals surface area contributed by atoms with Gasteiger partial charge in [-0.15, -0.1) is 0 Å². The number of nitrogens with one attached hydrogen (secondary N) is 1. The van der Waals surface area contributed by atoms with E-state index in [9.17, 15) is 9.59 Å². The van der Waals surface area contributed by atoms with Crippen LogP contribution in [0.25, 0.3) is 0 Å². The monoisotopic (exact) mass is 320 g/mol. The van der Waals surface area contributed by atoms with Crippen LogP contribution in [0, 0.1) is 0 Å². The normalized spacial score (nSPS) is 21.0. The van der Waals surface area contributed by atoms with Gasteiger partial charge in [-0.05, 0) is 44.4 Å². The van der Waals surface area contributed by atoms with Gasteiger partial charge in [0, 0.05) is 12.2 Å². The molecule has 2 rings (SSSR count). The van der Waals surface area contributed by atoms with Gasteiger partial charge in [-0.2, -0.15) is 0 Å². The maximum absolute atomic E-state index is 12.2. The van der Waals surface area contributed by atoms with Crippen LogP contribution in [0.15, 0.2) is 24.3 Å². The first-order valence-electron chi connectivity index (χ1n) is 7.74. The standard InChI is InChI=1S/C17H24N2O4/c1-17(2,16(21)22-3)11-4-6-12(7-5-11)19-15(20)14-9-8-13(10-18)23-14/h4-7,13-14H,8-10,18H2,1-3H3,(H,19,20)/t13-,14+/m1/s1. The highest BCUT2D eigenvalue weighted by Gasteiger charge is 2.31. The van der Waals surface area contributed by atoms with Crippen molar-refractivity contribution in [2.45, 2.75) is 44.3 Å². The molecule has 0 saturated carbocycles. The topological polar surface area (TPSA) is 90.7 Å². The van der Waals surface area contributed by atoms with Crippen LogP contribution in [-0.2, 0) is 24.5 Å². The average Bonchev–Trinajstić information content (AvgIpc) is 3.03. The maximum Gasteiger partial charge on any atom is 0.315 e. The second-order valence-electron chi connectivity index (χ2n) is 6.24. The molecule has 23 heavy (non-hydrogen) atoms. The average molecular weight is 320 g/mol. The van der Waals surface area contributed by atoms with Gasteiger partial charge in [-0.1, -0.05) is 12.1 Å². The first-order chi connectivity index (χ1) is 10.9. The predicted octanol–water partition coefficient (Wildman–Crippen LogP) is 1.58. The van der Waals surface area contributed by atoms with E-state index in [0.29, 0.717) is 18.7 Å². The number of nitrogens with two attached hydrogens (primary N) is 1. The van der Waals surface area contributed by atoms with Crippen molar-refractivity contribution in [3.8, 4) is 0 Å². The van der Waals surface area contributed by atoms with Crippen molar-refractivity contribution in [2.75, 3.05) is 19.0 Å². The molecule has 6 nitrogen and oxygen atoms in total. The first-order valence-corrected chi connectivity index (χ1v) is 7.74. The number of ether oxygens (including phenoxy) is 2. The number of hydrogen-bond acceptors (Lipinski definition) is 5. The van der Waals surface area contributed by atoms with E-state index in [0.717, 1.165) is 12.0 Å². The van der Waals surface area contributed by atoms with Crippen LogP contribution in [0.1, 0.15) is 32.3 Å². The molecule has 1 saturated heterocycles. The highest BCUT2D eigenvalue weighted by Crippen LogP contribution is 2.26. The van der Waals surface area contributed by atoms with Crippen molar-refractivity contribution < 1.29 is 19.1 Å². The Morgan fingerprint density at radius 1 is 1.30 bits per heavy atom. The molecule has 1 fully saturated rings. The third-order valence-electron chi connectivity index (χ3n) is 4.23. The van der Waals surface area contributed by atoms with E-state index in [1.165, 1.54) is 7.11 Å². The Labute approximate surface area is 136 Å². The number of benzene rings is 1. The molecule has 1 amide bonds. The number of carbonyl (C=O) groups is 2. The molecular formula is C17H24N2O4. The SMILES string of the molecule is COC(=O)C(C)(C)c1ccc(NC(=O)[C@@H]2CC[C@H](CN)O2)cc1. The number of carbonyl (C=O) groups excluding carboxylic acids is 2. The lowest BCUT2D eigenvalue weighted by atomic mass is 9.85. The van der Waals surface area contributed by atoms with E-state index in [4.69, 9.17) is 15.2 Å². The number of esters is 1. The quantitative estimate of drug-likeness (QED) is 0.804. The van der Waals surface area contributed by atoms with E-state index >= 15 is 0 Å². The van der Waals surface area contributed by atoms with Crippen molar-refractivity contribution in [3.63, 3.8) is 0 Å². The smallest absolute Gasteiger partial charge is 0.315 e. The van der Waals surface area contributed by atoms with Gasteiger partial charge in [0.25, 0.3) is 5.91 Å². The van der Waals surface area contributed by atoms with Gasteiger partial charge in [0.2, 0.25) is 0 Å². The molecular weight excluding hydrogens is 296 g/mol. The zero-order valence-corrected chi connectivity index (χ0v) is 13.8. The summed E-state index contributed by atoms with van der Waals surface area (Å²) < 4.78 is 10.4. The zero-order chi connectivity index (χ0) is 17.0. The van der Waals surface area contributed by atoms with E-state index in [1.807, 2.05) is 12.1 Å². The van der Waals surface area contributed by atoms with Gasteiger partial charge in [0.15, 0.2) is 0 Å². The Morgan fingerprint density at radius 3 is 2.48 bits per heavy atom. The molecule has 6 heteroatoms. The Morgan fingerprint density at radius 2 is 1.96 bits per heavy atom. The van der Waals surface area contributed by atoms with Crippen LogP contribution in [0.2, 0.25) is 0 Å². The van der Waals surface area contributed by atoms with Crippen molar-refractivity contribution >= 4 is 17.6 Å². The largest absolute Gasteiger partial charge is 0.468 e. The molecule has 2 atom stereocenters. The summed E-state index contributed by atoms with van der Waals surface area (Å²) in [7, 11) is 1.37. The molecule has 0 bridgehead atoms. The predicted molar refractivity (Wildman–Crippen MR) is 87.1 cm³/mol. The minimum Gasteiger partial charge on any atom is -0.468 e. The number of hydrogen-bond donors (Lipinski definition) is 2. The molecule has 1 aromatic rings. The van der Waals surface area contributed by atoms with Crippen LogP contribution >= 0.6 is 0 Å². The molecule has 1 aromatic carbocycles. The third kappa shape index (κ3) is 3.89. The van der Waals surface area contributed by atoms with Crippen molar-refractivity contribution in [1.29, 1.82) is 0 Å². The van der Waals surface area contributed by atoms with Gasteiger partial charge in [-0.3, -0.25) is 9.59 Å². The lowest BCUT2D eigenvalue weighted by Gasteiger charge is -2.22. The highest BCUT2D eigenvalue weighted by molar-refractivity contribution is 5.94. The summed E-state index contributed by atoms with van der Waals surface area (Å²) in [6, 6.07) is 7.16. The molecule has 1 aliphatic rings. The summed E-state index contributed by atoms with van der Waals surface area (Å²) in [6.07, 6.45) is 1.01. The molecule has 0 aliphatic carbocycles. The Hall–Kier alpha value is -1.92. The number of anilines is 1. The molecule has 1 aliphatic heterocycles. The molecule has 3 N–H and O–H groups in total. The van der Waals surface area contributed by atoms with Gasteiger partial charge in [-0.25, -0.2) is 0 Å². The van der Waals surface area contributed by atoms with Crippen LogP contribution < -0.4 is 11.1 Å². The van der Waals surface area contributed by atoms with Crippen molar-refractivity contribution in [3.05, 3.63) is 29.8 Å². The highest BCUT2D eigenvalue weighted by atomic mass is 16.5. The van der Waals surface area contributed by atoms with Gasteiger partial charge in [0.1, 0.15) is 6.10 Å². The van der Waals surface area contributed by atoms with Gasteiger partial charge < -0.3 is 20.5 Å². The zero-order valence-electron chi connectivity index (χ0n) is 13.8. The van der Waals surface area contributed by atoms with Crippen LogP contribution in [0.3, 0.4) is 0 Å². The summed E-state index contributed by atoms with van der Waals surface area (Å²) in [5.74, 6) is -0.470. The fourth-order valence-electron chi connectivity index (χ4n) is 2.64. The van der Waals surface area contributed by atoms with Crippen molar-refractivity contribution in [2.24, 2.45) is 5.73 Å². The summed E-state index contributed by atoms with van der Waals surface area (Å²) >= 11 is 0. The lowest BCUT2D eigenvalue weighted by Crippen LogP contribution is -2.31. The fourth-order valence-corrected chi connectivity index (χ4v) is 2.64. The van der Waals surface area contributed by atoms with Gasteiger partial charge >= 0.3 is 5.97 Å². The lowest BCUT2D eigenvalue weighted by molar-refractivity contribution is -0.146. The van der Waals surface area contributed by atoms with Crippen LogP contribution in [0.4, 0.5) is 5.69 Å². The molecule has 0 unspecified atom stereocenters. The summed E-state index contributed by atoms with van der Waals surface area (Å²) in [5, 5.41) is 2.83. The Bertz CT molecular complexity index is 568. The van der Waals surface area contributed by atoms with E-state index < -0.39 is 11.5 Å². The van der Waals surface area contributed by atoms with E-state index in [1.54, 1.807) is 26.0 Å². The summed E-state index contributed by atoms with van der Waals surface area (Å²) in [4.78, 5) is 24.0. The minimum absolute atomic E-state index is 0.0334. The second kappa shape index (κ2) is 7.10. The summed E-state index contributed by atoms with van der Waals surface area (Å²) in [5.41, 5.74) is 6.30. The van der Waals surface area contributed by atoms with Crippen molar-refractivity contribution in [1.82, 2.24) is 0 Å². The maximum atomic E-state index is 12.2. The molecule has 126 valence electrons. The Balaban J connectivity index is 2.00. The summed E-state index contributed by atoms with van der Waals surface area (Å²) in [6.45, 7) is 4.03. The van der Waals surface area contributed by atoms with Gasteiger partial charge in [0.05, 0.1) is 18.6 Å². The molecule has 0 spiro atoms. The second-order valence-corrected chi connectivity index (χ2v) is 6.24. The van der Waals surface area contributed by atoms with E-state index in [2.05, 4.69) is 5.32 Å². The first kappa shape index (κ1) is 17.4. The number of rotatable bonds is 5. The van der Waals surface area contributed by atoms with Crippen LogP contribution in [0.5, 0.6) is 0 Å². The third-order valence-corrected chi connectivity index (χ3v) is 4.23. The number of methoxy groups -OCH3 is 1. The number of amides is 1. The van der Waals surface area contributed by atoms with E-state index in [-0.39, 0.29) is 18.0 Å².